The zero-order valence-corrected chi connectivity index (χ0v) is 46.5. The number of nitrogens with one attached hydrogen (secondary N) is 1. The molecule has 400 valence electrons. The van der Waals surface area contributed by atoms with Crippen LogP contribution >= 0.6 is 7.82 Å². The van der Waals surface area contributed by atoms with Gasteiger partial charge in [0, 0.05) is 6.42 Å². The number of allylic oxidation sites excluding steroid dienone is 8. The molecule has 0 aliphatic heterocycles. The fourth-order valence-corrected chi connectivity index (χ4v) is 9.29. The van der Waals surface area contributed by atoms with Gasteiger partial charge in [-0.2, -0.15) is 0 Å². The van der Waals surface area contributed by atoms with Crippen molar-refractivity contribution in [2.45, 2.75) is 283 Å². The highest BCUT2D eigenvalue weighted by molar-refractivity contribution is 7.45. The summed E-state index contributed by atoms with van der Waals surface area (Å²) in [7, 11) is 1.31. The zero-order valence-electron chi connectivity index (χ0n) is 45.6. The molecule has 3 unspecified atom stereocenters. The molecule has 0 aliphatic carbocycles. The molecule has 9 heteroatoms. The predicted molar refractivity (Wildman–Crippen MR) is 293 cm³/mol. The van der Waals surface area contributed by atoms with Crippen molar-refractivity contribution in [3.05, 3.63) is 48.6 Å². The van der Waals surface area contributed by atoms with Crippen LogP contribution in [0.15, 0.2) is 48.6 Å². The third kappa shape index (κ3) is 52.3. The lowest BCUT2D eigenvalue weighted by Gasteiger charge is -2.30. The van der Waals surface area contributed by atoms with E-state index >= 15 is 0 Å². The van der Waals surface area contributed by atoms with E-state index in [0.717, 1.165) is 64.2 Å². The summed E-state index contributed by atoms with van der Waals surface area (Å²) < 4.78 is 23.3. The lowest BCUT2D eigenvalue weighted by Crippen LogP contribution is -2.46. The van der Waals surface area contributed by atoms with E-state index in [0.29, 0.717) is 23.9 Å². The Hall–Kier alpha value is -1.54. The number of phosphoric acid groups is 1. The summed E-state index contributed by atoms with van der Waals surface area (Å²) in [6.45, 7) is 4.60. The molecular weight excluding hydrogens is 864 g/mol. The summed E-state index contributed by atoms with van der Waals surface area (Å²) in [5.41, 5.74) is 0. The number of amides is 1. The number of phosphoric ester groups is 1. The molecule has 1 amide bonds. The SMILES string of the molecule is CC/C=C\C/C=C\C/C=C\C/C=C\CCCCCCCCCCCCCCCCCCCCCCCCCCC(=O)NC(COP(=O)([O-])OCC[N+](C)(C)C)C(O)CCCCCCCCCCC. The molecule has 0 heterocycles. The van der Waals surface area contributed by atoms with E-state index in [4.69, 9.17) is 9.05 Å². The van der Waals surface area contributed by atoms with E-state index in [9.17, 15) is 19.4 Å². The van der Waals surface area contributed by atoms with Crippen LogP contribution in [0.2, 0.25) is 0 Å². The van der Waals surface area contributed by atoms with Crippen LogP contribution in [-0.4, -0.2) is 68.5 Å². The molecule has 2 N–H and O–H groups in total. The predicted octanol–water partition coefficient (Wildman–Crippen LogP) is 16.9. The van der Waals surface area contributed by atoms with Crippen molar-refractivity contribution in [2.75, 3.05) is 40.9 Å². The normalized spacial score (nSPS) is 14.3. The summed E-state index contributed by atoms with van der Waals surface area (Å²) in [4.78, 5) is 25.4. The Bertz CT molecular complexity index is 1250. The molecule has 0 fully saturated rings. The van der Waals surface area contributed by atoms with Gasteiger partial charge in [-0.15, -0.1) is 0 Å². The monoisotopic (exact) mass is 977 g/mol. The van der Waals surface area contributed by atoms with Crippen LogP contribution in [0.25, 0.3) is 0 Å². The average molecular weight is 978 g/mol. The number of hydrogen-bond acceptors (Lipinski definition) is 6. The molecular formula is C59H113N2O6P. The van der Waals surface area contributed by atoms with Gasteiger partial charge in [0.1, 0.15) is 13.2 Å². The Morgan fingerprint density at radius 1 is 0.529 bits per heavy atom. The van der Waals surface area contributed by atoms with Gasteiger partial charge in [0.2, 0.25) is 5.91 Å². The summed E-state index contributed by atoms with van der Waals surface area (Å²) in [5.74, 6) is -0.163. The molecule has 0 radical (unpaired) electrons. The van der Waals surface area contributed by atoms with Crippen molar-refractivity contribution in [1.82, 2.24) is 5.32 Å². The third-order valence-corrected chi connectivity index (χ3v) is 14.0. The standard InChI is InChI=1S/C59H113N2O6P/c1-6-8-10-12-14-16-17-18-19-20-21-22-23-24-25-26-27-28-29-30-31-32-33-34-35-36-37-38-39-40-41-42-43-45-47-49-51-53-59(63)60-57(56-67-68(64,65)66-55-54-61(3,4)5)58(62)52-50-48-46-44-15-13-11-9-7-2/h8,10,14,16,18-19,21-22,57-58,62H,6-7,9,11-13,15,17,20,23-56H2,1-5H3,(H-,60,63,64,65)/b10-8-,16-14-,19-18-,22-21-. The number of nitrogens with zero attached hydrogens (tertiary/aromatic N) is 1. The van der Waals surface area contributed by atoms with Crippen LogP contribution in [0.1, 0.15) is 271 Å². The summed E-state index contributed by atoms with van der Waals surface area (Å²) in [5, 5.41) is 13.9. The van der Waals surface area contributed by atoms with Crippen molar-refractivity contribution < 1.29 is 32.9 Å². The second kappa shape index (κ2) is 50.4. The fourth-order valence-electron chi connectivity index (χ4n) is 8.56. The maximum Gasteiger partial charge on any atom is 0.268 e. The van der Waals surface area contributed by atoms with E-state index in [2.05, 4.69) is 67.8 Å². The van der Waals surface area contributed by atoms with Crippen LogP contribution in [0.3, 0.4) is 0 Å². The molecule has 0 saturated heterocycles. The van der Waals surface area contributed by atoms with Gasteiger partial charge in [-0.1, -0.05) is 262 Å². The number of hydrogen-bond donors (Lipinski definition) is 2. The number of aliphatic hydroxyl groups excluding tert-OH is 1. The number of carbonyl (C=O) groups is 1. The van der Waals surface area contributed by atoms with E-state index in [1.807, 2.05) is 21.1 Å². The summed E-state index contributed by atoms with van der Waals surface area (Å²) in [6, 6.07) is -0.796. The van der Waals surface area contributed by atoms with Crippen LogP contribution in [0, 0.1) is 0 Å². The number of carbonyl (C=O) groups excluding carboxylic acids is 1. The van der Waals surface area contributed by atoms with Crippen molar-refractivity contribution in [1.29, 1.82) is 0 Å². The molecule has 3 atom stereocenters. The molecule has 0 spiro atoms. The topological polar surface area (TPSA) is 108 Å². The van der Waals surface area contributed by atoms with Crippen LogP contribution in [0.5, 0.6) is 0 Å². The van der Waals surface area contributed by atoms with E-state index in [-0.39, 0.29) is 19.1 Å². The molecule has 0 saturated carbocycles. The largest absolute Gasteiger partial charge is 0.756 e. The average Bonchev–Trinajstić information content (AvgIpc) is 3.30. The van der Waals surface area contributed by atoms with Crippen LogP contribution in [0.4, 0.5) is 0 Å². The highest BCUT2D eigenvalue weighted by Crippen LogP contribution is 2.38. The molecule has 0 aromatic carbocycles. The first-order valence-corrected chi connectivity index (χ1v) is 30.4. The second-order valence-corrected chi connectivity index (χ2v) is 22.4. The van der Waals surface area contributed by atoms with Gasteiger partial charge in [0.05, 0.1) is 39.9 Å². The minimum atomic E-state index is -4.56. The Labute approximate surface area is 422 Å². The number of unbranched alkanes of at least 4 members (excludes halogenated alkanes) is 32. The van der Waals surface area contributed by atoms with Crippen molar-refractivity contribution >= 4 is 13.7 Å². The maximum atomic E-state index is 12.9. The van der Waals surface area contributed by atoms with Crippen molar-refractivity contribution in [2.24, 2.45) is 0 Å². The number of likely N-dealkylation sites (N-methyl/N-ethyl adjacent to an activating group) is 1. The highest BCUT2D eigenvalue weighted by Gasteiger charge is 2.24. The van der Waals surface area contributed by atoms with Gasteiger partial charge in [0.25, 0.3) is 7.82 Å². The molecule has 68 heavy (non-hydrogen) atoms. The molecule has 0 bridgehead atoms. The molecule has 0 aromatic heterocycles. The molecule has 8 nitrogen and oxygen atoms in total. The lowest BCUT2D eigenvalue weighted by atomic mass is 10.0. The number of rotatable bonds is 53. The van der Waals surface area contributed by atoms with Gasteiger partial charge >= 0.3 is 0 Å². The molecule has 0 rings (SSSR count). The molecule has 0 aliphatic rings. The molecule has 0 aromatic rings. The van der Waals surface area contributed by atoms with Crippen LogP contribution < -0.4 is 10.2 Å². The van der Waals surface area contributed by atoms with Crippen molar-refractivity contribution in [3.63, 3.8) is 0 Å². The zero-order chi connectivity index (χ0) is 49.9. The van der Waals surface area contributed by atoms with E-state index in [1.54, 1.807) is 0 Å². The van der Waals surface area contributed by atoms with Crippen LogP contribution in [-0.2, 0) is 18.4 Å². The minimum Gasteiger partial charge on any atom is -0.756 e. The van der Waals surface area contributed by atoms with Gasteiger partial charge in [-0.25, -0.2) is 0 Å². The van der Waals surface area contributed by atoms with Gasteiger partial charge in [0.15, 0.2) is 0 Å². The Morgan fingerprint density at radius 2 is 0.897 bits per heavy atom. The second-order valence-electron chi connectivity index (χ2n) is 21.0. The van der Waals surface area contributed by atoms with Gasteiger partial charge < -0.3 is 28.8 Å². The lowest BCUT2D eigenvalue weighted by molar-refractivity contribution is -0.870. The first-order chi connectivity index (χ1) is 33.0. The van der Waals surface area contributed by atoms with Gasteiger partial charge in [-0.05, 0) is 51.4 Å². The van der Waals surface area contributed by atoms with E-state index in [1.165, 1.54) is 180 Å². The van der Waals surface area contributed by atoms with E-state index < -0.39 is 20.0 Å². The quantitative estimate of drug-likeness (QED) is 0.0272. The first-order valence-electron chi connectivity index (χ1n) is 29.0. The Balaban J connectivity index is 3.82. The number of aliphatic hydroxyl groups is 1. The first kappa shape index (κ1) is 66.5. The summed E-state index contributed by atoms with van der Waals surface area (Å²) in [6.07, 6.45) is 66.1. The number of quaternary nitrogens is 1. The Kier molecular flexibility index (Phi) is 49.3. The highest BCUT2D eigenvalue weighted by atomic mass is 31.2. The van der Waals surface area contributed by atoms with Gasteiger partial charge in [-0.3, -0.25) is 9.36 Å². The third-order valence-electron chi connectivity index (χ3n) is 13.1. The Morgan fingerprint density at radius 3 is 1.31 bits per heavy atom. The fraction of sp³-hybridized carbons (Fsp3) is 0.847. The van der Waals surface area contributed by atoms with Crippen molar-refractivity contribution in [3.8, 4) is 0 Å². The summed E-state index contributed by atoms with van der Waals surface area (Å²) >= 11 is 0. The maximum absolute atomic E-state index is 12.9. The smallest absolute Gasteiger partial charge is 0.268 e. The minimum absolute atomic E-state index is 0.0134.